The molecule has 0 spiro atoms. The van der Waals surface area contributed by atoms with E-state index in [1.807, 2.05) is 66.7 Å². The molecule has 46 heavy (non-hydrogen) atoms. The molecule has 1 heterocycles. The zero-order valence-electron chi connectivity index (χ0n) is 26.8. The summed E-state index contributed by atoms with van der Waals surface area (Å²) in [5.74, 6) is 0.432. The van der Waals surface area contributed by atoms with Crippen LogP contribution in [-0.4, -0.2) is 37.1 Å². The SMILES string of the molecule is CCC(C)(C)C1CCC(C(Cc2ccc(C(=O)NCCS(=O)(=O)O)cc2)C(=O)Nc2ccc(-c3cc4ccccc4o3)cc2)CC1. The van der Waals surface area contributed by atoms with E-state index in [2.05, 4.69) is 31.4 Å². The molecule has 2 amide bonds. The predicted molar refractivity (Wildman–Crippen MR) is 182 cm³/mol. The first kappa shape index (κ1) is 33.4. The number of amides is 2. The van der Waals surface area contributed by atoms with Crippen molar-refractivity contribution in [1.82, 2.24) is 5.32 Å². The van der Waals surface area contributed by atoms with Gasteiger partial charge in [-0.2, -0.15) is 8.42 Å². The molecule has 3 N–H and O–H groups in total. The Kier molecular flexibility index (Phi) is 10.3. The maximum atomic E-state index is 13.9. The number of furan rings is 1. The average Bonchev–Trinajstić information content (AvgIpc) is 3.48. The lowest BCUT2D eigenvalue weighted by molar-refractivity contribution is -0.122. The van der Waals surface area contributed by atoms with Crippen LogP contribution in [0.3, 0.4) is 0 Å². The lowest BCUT2D eigenvalue weighted by Crippen LogP contribution is -2.36. The first-order chi connectivity index (χ1) is 21.9. The maximum Gasteiger partial charge on any atom is 0.266 e. The van der Waals surface area contributed by atoms with Crippen molar-refractivity contribution in [3.63, 3.8) is 0 Å². The number of fused-ring (bicyclic) bond motifs is 1. The van der Waals surface area contributed by atoms with Crippen LogP contribution in [0.25, 0.3) is 22.3 Å². The van der Waals surface area contributed by atoms with Gasteiger partial charge in [-0.1, -0.05) is 57.5 Å². The number of rotatable bonds is 12. The van der Waals surface area contributed by atoms with E-state index in [4.69, 9.17) is 8.97 Å². The standard InChI is InChI=1S/C37H44N2O6S/c1-4-37(2,3)30-17-13-26(14-18-30)32(23-25-9-11-28(12-10-25)35(40)38-21-22-46(42,43)44)36(41)39-31-19-15-27(16-20-31)34-24-29-7-5-6-8-33(29)45-34/h5-12,15-16,19-20,24,26,30,32H,4,13-14,17-18,21-23H2,1-3H3,(H,38,40)(H,39,41)(H,42,43,44). The Morgan fingerprint density at radius 2 is 1.63 bits per heavy atom. The molecule has 0 aliphatic heterocycles. The van der Waals surface area contributed by atoms with Crippen molar-refractivity contribution in [3.8, 4) is 11.3 Å². The van der Waals surface area contributed by atoms with Gasteiger partial charge in [0.2, 0.25) is 5.91 Å². The molecule has 1 aliphatic carbocycles. The second-order valence-corrected chi connectivity index (χ2v) is 14.8. The normalized spacial score (nSPS) is 17.8. The largest absolute Gasteiger partial charge is 0.456 e. The van der Waals surface area contributed by atoms with Crippen molar-refractivity contribution in [2.45, 2.75) is 59.3 Å². The van der Waals surface area contributed by atoms with E-state index in [-0.39, 0.29) is 29.7 Å². The number of carbonyl (C=O) groups is 2. The highest BCUT2D eigenvalue weighted by Gasteiger charge is 2.36. The first-order valence-corrected chi connectivity index (χ1v) is 17.7. The minimum absolute atomic E-state index is 0.0123. The molecule has 1 aromatic heterocycles. The van der Waals surface area contributed by atoms with Gasteiger partial charge < -0.3 is 15.1 Å². The van der Waals surface area contributed by atoms with Gasteiger partial charge in [0.1, 0.15) is 11.3 Å². The molecule has 4 aromatic rings. The zero-order chi connectivity index (χ0) is 32.9. The average molecular weight is 645 g/mol. The van der Waals surface area contributed by atoms with Crippen LogP contribution in [0.5, 0.6) is 0 Å². The van der Waals surface area contributed by atoms with Crippen LogP contribution in [0, 0.1) is 23.2 Å². The molecule has 8 nitrogen and oxygen atoms in total. The number of benzene rings is 3. The van der Waals surface area contributed by atoms with Gasteiger partial charge in [0.15, 0.2) is 0 Å². The van der Waals surface area contributed by atoms with Crippen LogP contribution in [0.15, 0.2) is 83.3 Å². The van der Waals surface area contributed by atoms with Crippen LogP contribution in [0.2, 0.25) is 0 Å². The molecule has 3 aromatic carbocycles. The van der Waals surface area contributed by atoms with E-state index < -0.39 is 21.8 Å². The topological polar surface area (TPSA) is 126 Å². The van der Waals surface area contributed by atoms with Gasteiger partial charge in [-0.15, -0.1) is 0 Å². The number of hydrogen-bond acceptors (Lipinski definition) is 5. The van der Waals surface area contributed by atoms with Gasteiger partial charge in [-0.25, -0.2) is 0 Å². The molecule has 1 unspecified atom stereocenters. The Labute approximate surface area is 271 Å². The van der Waals surface area contributed by atoms with Crippen molar-refractivity contribution in [3.05, 3.63) is 90.0 Å². The summed E-state index contributed by atoms with van der Waals surface area (Å²) in [6.45, 7) is 6.76. The molecule has 1 fully saturated rings. The fraction of sp³-hybridized carbons (Fsp3) is 0.405. The van der Waals surface area contributed by atoms with Gasteiger partial charge in [-0.3, -0.25) is 14.1 Å². The zero-order valence-corrected chi connectivity index (χ0v) is 27.6. The summed E-state index contributed by atoms with van der Waals surface area (Å²) in [4.78, 5) is 26.4. The number of hydrogen-bond donors (Lipinski definition) is 3. The van der Waals surface area contributed by atoms with E-state index in [9.17, 15) is 18.0 Å². The highest BCUT2D eigenvalue weighted by molar-refractivity contribution is 7.85. The van der Waals surface area contributed by atoms with Crippen LogP contribution >= 0.6 is 0 Å². The molecule has 0 radical (unpaired) electrons. The Balaban J connectivity index is 1.29. The molecule has 9 heteroatoms. The number of para-hydroxylation sites is 1. The van der Waals surface area contributed by atoms with Crippen molar-refractivity contribution >= 4 is 38.6 Å². The van der Waals surface area contributed by atoms with Crippen molar-refractivity contribution in [1.29, 1.82) is 0 Å². The molecular weight excluding hydrogens is 600 g/mol. The van der Waals surface area contributed by atoms with Crippen LogP contribution in [-0.2, 0) is 21.3 Å². The first-order valence-electron chi connectivity index (χ1n) is 16.1. The summed E-state index contributed by atoms with van der Waals surface area (Å²) < 4.78 is 36.8. The van der Waals surface area contributed by atoms with E-state index in [0.717, 1.165) is 65.6 Å². The third kappa shape index (κ3) is 8.44. The third-order valence-electron chi connectivity index (χ3n) is 9.87. The highest BCUT2D eigenvalue weighted by Crippen LogP contribution is 2.44. The molecule has 244 valence electrons. The summed E-state index contributed by atoms with van der Waals surface area (Å²) in [7, 11) is -4.15. The van der Waals surface area contributed by atoms with Gasteiger partial charge in [0.25, 0.3) is 16.0 Å². The third-order valence-corrected chi connectivity index (χ3v) is 10.6. The molecular formula is C37H44N2O6S. The molecule has 1 aliphatic rings. The van der Waals surface area contributed by atoms with E-state index in [1.54, 1.807) is 12.1 Å². The minimum atomic E-state index is -4.15. The van der Waals surface area contributed by atoms with Crippen molar-refractivity contribution in [2.24, 2.45) is 23.2 Å². The maximum absolute atomic E-state index is 13.9. The van der Waals surface area contributed by atoms with Crippen LogP contribution < -0.4 is 10.6 Å². The van der Waals surface area contributed by atoms with E-state index in [0.29, 0.717) is 17.9 Å². The molecule has 5 rings (SSSR count). The highest BCUT2D eigenvalue weighted by atomic mass is 32.2. The van der Waals surface area contributed by atoms with Crippen molar-refractivity contribution < 1.29 is 27.0 Å². The second kappa shape index (κ2) is 14.2. The van der Waals surface area contributed by atoms with Crippen LogP contribution in [0.4, 0.5) is 5.69 Å². The number of carbonyl (C=O) groups excluding carboxylic acids is 2. The molecule has 1 saturated carbocycles. The van der Waals surface area contributed by atoms with E-state index >= 15 is 0 Å². The fourth-order valence-corrected chi connectivity index (χ4v) is 6.94. The Bertz CT molecular complexity index is 1720. The predicted octanol–water partition coefficient (Wildman–Crippen LogP) is 7.76. The van der Waals surface area contributed by atoms with Crippen molar-refractivity contribution in [2.75, 3.05) is 17.6 Å². The Morgan fingerprint density at radius 3 is 2.26 bits per heavy atom. The Morgan fingerprint density at radius 1 is 0.957 bits per heavy atom. The molecule has 1 atom stereocenters. The van der Waals surface area contributed by atoms with Gasteiger partial charge in [0.05, 0.1) is 5.75 Å². The van der Waals surface area contributed by atoms with Gasteiger partial charge in [-0.05, 0) is 103 Å². The molecule has 0 bridgehead atoms. The summed E-state index contributed by atoms with van der Waals surface area (Å²) in [6, 6.07) is 24.7. The summed E-state index contributed by atoms with van der Waals surface area (Å²) in [5, 5.41) is 6.73. The summed E-state index contributed by atoms with van der Waals surface area (Å²) in [5.41, 5.74) is 4.11. The summed E-state index contributed by atoms with van der Waals surface area (Å²) in [6.07, 6.45) is 5.86. The molecule has 0 saturated heterocycles. The van der Waals surface area contributed by atoms with Gasteiger partial charge in [0, 0.05) is 34.7 Å². The van der Waals surface area contributed by atoms with Gasteiger partial charge >= 0.3 is 0 Å². The quantitative estimate of drug-likeness (QED) is 0.135. The lowest BCUT2D eigenvalue weighted by atomic mass is 9.65. The van der Waals surface area contributed by atoms with Crippen LogP contribution in [0.1, 0.15) is 68.8 Å². The van der Waals surface area contributed by atoms with E-state index in [1.165, 1.54) is 0 Å². The smallest absolute Gasteiger partial charge is 0.266 e. The minimum Gasteiger partial charge on any atom is -0.456 e. The fourth-order valence-electron chi connectivity index (χ4n) is 6.58. The summed E-state index contributed by atoms with van der Waals surface area (Å²) >= 11 is 0. The lowest BCUT2D eigenvalue weighted by Gasteiger charge is -2.40. The second-order valence-electron chi connectivity index (χ2n) is 13.2. The monoisotopic (exact) mass is 644 g/mol. The Hall–Kier alpha value is -3.95. The number of anilines is 1. The number of nitrogens with one attached hydrogen (secondary N) is 2.